The average molecular weight is 513 g/mol. The molecule has 2 saturated carbocycles. The molecule has 196 valence electrons. The normalized spacial score (nSPS) is 20.6. The fourth-order valence-electron chi connectivity index (χ4n) is 5.59. The molecule has 7 heteroatoms. The molecule has 6 rings (SSSR count). The van der Waals surface area contributed by atoms with E-state index in [4.69, 9.17) is 20.3 Å². The van der Waals surface area contributed by atoms with Gasteiger partial charge in [0.1, 0.15) is 22.3 Å². The van der Waals surface area contributed by atoms with Gasteiger partial charge in [0.05, 0.1) is 13.2 Å². The zero-order valence-corrected chi connectivity index (χ0v) is 21.6. The summed E-state index contributed by atoms with van der Waals surface area (Å²) in [4.78, 5) is 26.7. The monoisotopic (exact) mass is 512 g/mol. The lowest BCUT2D eigenvalue weighted by molar-refractivity contribution is -0.202. The Kier molecular flexibility index (Phi) is 6.05. The van der Waals surface area contributed by atoms with Crippen molar-refractivity contribution < 1.29 is 23.5 Å². The SMILES string of the molecule is C#CC1(NC(=O)C2(NC(=O)c3cc4ccc(-c5ccc(C6(OC)COC6)cc5)cc4o3)CCCCC2)CC1. The van der Waals surface area contributed by atoms with Gasteiger partial charge >= 0.3 is 0 Å². The van der Waals surface area contributed by atoms with Crippen LogP contribution in [0.2, 0.25) is 0 Å². The van der Waals surface area contributed by atoms with Crippen molar-refractivity contribution >= 4 is 22.8 Å². The molecule has 0 spiro atoms. The zero-order chi connectivity index (χ0) is 26.4. The Balaban J connectivity index is 1.21. The van der Waals surface area contributed by atoms with Crippen LogP contribution in [0.5, 0.6) is 0 Å². The highest BCUT2D eigenvalue weighted by Gasteiger charge is 2.49. The number of carbonyl (C=O) groups excluding carboxylic acids is 2. The molecule has 3 aliphatic rings. The maximum absolute atomic E-state index is 13.3. The summed E-state index contributed by atoms with van der Waals surface area (Å²) in [5, 5.41) is 6.88. The molecule has 2 N–H and O–H groups in total. The summed E-state index contributed by atoms with van der Waals surface area (Å²) in [6, 6.07) is 15.9. The van der Waals surface area contributed by atoms with Crippen LogP contribution in [0.1, 0.15) is 61.1 Å². The number of terminal acetylenes is 1. The lowest BCUT2D eigenvalue weighted by Gasteiger charge is -2.40. The van der Waals surface area contributed by atoms with E-state index in [1.165, 1.54) is 0 Å². The minimum absolute atomic E-state index is 0.188. The van der Waals surface area contributed by atoms with Crippen LogP contribution in [0.3, 0.4) is 0 Å². The number of benzene rings is 2. The molecule has 2 aromatic carbocycles. The second-order valence-electron chi connectivity index (χ2n) is 10.9. The van der Waals surface area contributed by atoms with E-state index in [1.807, 2.05) is 18.2 Å². The van der Waals surface area contributed by atoms with Gasteiger partial charge in [-0.05, 0) is 54.5 Å². The smallest absolute Gasteiger partial charge is 0.287 e. The molecule has 1 aliphatic heterocycles. The summed E-state index contributed by atoms with van der Waals surface area (Å²) in [5.41, 5.74) is 1.82. The lowest BCUT2D eigenvalue weighted by atomic mass is 9.80. The fraction of sp³-hybridized carbons (Fsp3) is 0.419. The highest BCUT2D eigenvalue weighted by Crippen LogP contribution is 2.38. The zero-order valence-electron chi connectivity index (χ0n) is 21.6. The van der Waals surface area contributed by atoms with E-state index in [-0.39, 0.29) is 23.2 Å². The summed E-state index contributed by atoms with van der Waals surface area (Å²) >= 11 is 0. The molecule has 2 aliphatic carbocycles. The predicted molar refractivity (Wildman–Crippen MR) is 143 cm³/mol. The number of methoxy groups -OCH3 is 1. The van der Waals surface area contributed by atoms with E-state index in [0.29, 0.717) is 31.6 Å². The summed E-state index contributed by atoms with van der Waals surface area (Å²) in [5.74, 6) is 2.32. The minimum Gasteiger partial charge on any atom is -0.451 e. The Morgan fingerprint density at radius 3 is 2.24 bits per heavy atom. The van der Waals surface area contributed by atoms with Gasteiger partial charge in [-0.3, -0.25) is 9.59 Å². The van der Waals surface area contributed by atoms with Crippen LogP contribution in [0, 0.1) is 12.3 Å². The van der Waals surface area contributed by atoms with Crippen LogP contribution >= 0.6 is 0 Å². The molecule has 2 amide bonds. The third-order valence-corrected chi connectivity index (χ3v) is 8.42. The number of rotatable bonds is 7. The number of nitrogens with one attached hydrogen (secondary N) is 2. The van der Waals surface area contributed by atoms with Gasteiger partial charge in [0.25, 0.3) is 5.91 Å². The number of hydrogen-bond donors (Lipinski definition) is 2. The molecule has 0 unspecified atom stereocenters. The number of hydrogen-bond acceptors (Lipinski definition) is 5. The van der Waals surface area contributed by atoms with Crippen molar-refractivity contribution in [3.8, 4) is 23.5 Å². The molecule has 0 atom stereocenters. The van der Waals surface area contributed by atoms with Crippen LogP contribution < -0.4 is 10.6 Å². The summed E-state index contributed by atoms with van der Waals surface area (Å²) < 4.78 is 17.1. The standard InChI is InChI=1S/C31H32N2O5/c1-3-29(15-16-29)33-28(35)30(13-5-4-6-14-30)32-27(34)26-18-23-8-7-22(17-25(23)38-26)21-9-11-24(12-10-21)31(36-2)19-37-20-31/h1,7-12,17-18H,4-6,13-16,19-20H2,2H3,(H,32,34)(H,33,35). The van der Waals surface area contributed by atoms with Gasteiger partial charge in [-0.1, -0.05) is 61.6 Å². The molecular formula is C31H32N2O5. The molecule has 0 bridgehead atoms. The molecule has 7 nitrogen and oxygen atoms in total. The van der Waals surface area contributed by atoms with E-state index in [0.717, 1.165) is 54.2 Å². The molecule has 3 fully saturated rings. The van der Waals surface area contributed by atoms with Crippen molar-refractivity contribution in [3.05, 3.63) is 59.9 Å². The fourth-order valence-corrected chi connectivity index (χ4v) is 5.59. The number of amides is 2. The predicted octanol–water partition coefficient (Wildman–Crippen LogP) is 4.69. The largest absolute Gasteiger partial charge is 0.451 e. The molecule has 2 heterocycles. The molecule has 1 saturated heterocycles. The van der Waals surface area contributed by atoms with Crippen LogP contribution in [0.4, 0.5) is 0 Å². The van der Waals surface area contributed by atoms with E-state index >= 15 is 0 Å². The maximum atomic E-state index is 13.3. The minimum atomic E-state index is -0.974. The quantitative estimate of drug-likeness (QED) is 0.449. The first kappa shape index (κ1) is 24.7. The van der Waals surface area contributed by atoms with E-state index in [2.05, 4.69) is 40.8 Å². The van der Waals surface area contributed by atoms with Gasteiger partial charge in [-0.2, -0.15) is 0 Å². The van der Waals surface area contributed by atoms with E-state index < -0.39 is 11.1 Å². The summed E-state index contributed by atoms with van der Waals surface area (Å²) in [7, 11) is 1.71. The van der Waals surface area contributed by atoms with Crippen molar-refractivity contribution in [1.82, 2.24) is 10.6 Å². The third kappa shape index (κ3) is 4.28. The van der Waals surface area contributed by atoms with Crippen molar-refractivity contribution in [3.63, 3.8) is 0 Å². The highest BCUT2D eigenvalue weighted by molar-refractivity contribution is 6.00. The van der Waals surface area contributed by atoms with Gasteiger partial charge < -0.3 is 24.5 Å². The topological polar surface area (TPSA) is 89.8 Å². The molecule has 3 aromatic rings. The van der Waals surface area contributed by atoms with Crippen molar-refractivity contribution in [2.75, 3.05) is 20.3 Å². The first-order valence-corrected chi connectivity index (χ1v) is 13.3. The first-order chi connectivity index (χ1) is 18.4. The van der Waals surface area contributed by atoms with Crippen molar-refractivity contribution in [2.24, 2.45) is 0 Å². The number of furan rings is 1. The van der Waals surface area contributed by atoms with Gasteiger partial charge in [0.2, 0.25) is 5.91 Å². The highest BCUT2D eigenvalue weighted by atomic mass is 16.6. The Morgan fingerprint density at radius 1 is 0.921 bits per heavy atom. The molecule has 0 radical (unpaired) electrons. The van der Waals surface area contributed by atoms with Crippen LogP contribution in [-0.4, -0.2) is 43.2 Å². The lowest BCUT2D eigenvalue weighted by Crippen LogP contribution is -2.61. The van der Waals surface area contributed by atoms with Crippen molar-refractivity contribution in [2.45, 2.75) is 61.6 Å². The van der Waals surface area contributed by atoms with E-state index in [9.17, 15) is 9.59 Å². The Hall–Kier alpha value is -3.60. The van der Waals surface area contributed by atoms with Gasteiger partial charge in [-0.25, -0.2) is 0 Å². The summed E-state index contributed by atoms with van der Waals surface area (Å²) in [6.45, 7) is 1.11. The van der Waals surface area contributed by atoms with Gasteiger partial charge in [0, 0.05) is 12.5 Å². The van der Waals surface area contributed by atoms with Gasteiger partial charge in [0.15, 0.2) is 5.76 Å². The second-order valence-corrected chi connectivity index (χ2v) is 10.9. The van der Waals surface area contributed by atoms with Crippen LogP contribution in [0.25, 0.3) is 22.1 Å². The summed E-state index contributed by atoms with van der Waals surface area (Å²) in [6.07, 6.45) is 11.1. The number of fused-ring (bicyclic) bond motifs is 1. The van der Waals surface area contributed by atoms with Crippen molar-refractivity contribution in [1.29, 1.82) is 0 Å². The average Bonchev–Trinajstić information content (AvgIpc) is 3.56. The maximum Gasteiger partial charge on any atom is 0.287 e. The second kappa shape index (κ2) is 9.30. The Labute approximate surface area is 222 Å². The van der Waals surface area contributed by atoms with E-state index in [1.54, 1.807) is 13.2 Å². The molecule has 38 heavy (non-hydrogen) atoms. The van der Waals surface area contributed by atoms with Crippen LogP contribution in [-0.2, 0) is 19.9 Å². The Bertz CT molecular complexity index is 1410. The first-order valence-electron chi connectivity index (χ1n) is 13.3. The van der Waals surface area contributed by atoms with Crippen LogP contribution in [0.15, 0.2) is 52.9 Å². The Morgan fingerprint density at radius 2 is 1.63 bits per heavy atom. The number of ether oxygens (including phenoxy) is 2. The van der Waals surface area contributed by atoms with Gasteiger partial charge in [-0.15, -0.1) is 6.42 Å². The molecule has 1 aromatic heterocycles. The number of carbonyl (C=O) groups is 2. The third-order valence-electron chi connectivity index (χ3n) is 8.42. The molecular weight excluding hydrogens is 480 g/mol.